The summed E-state index contributed by atoms with van der Waals surface area (Å²) in [5.41, 5.74) is 2.55. The van der Waals surface area contributed by atoms with Gasteiger partial charge in [-0.2, -0.15) is 5.48 Å². The highest BCUT2D eigenvalue weighted by Crippen LogP contribution is 1.91. The largest absolute Gasteiger partial charge is 0.298 e. The van der Waals surface area contributed by atoms with Gasteiger partial charge in [0.25, 0.3) is 0 Å². The molecule has 0 fully saturated rings. The van der Waals surface area contributed by atoms with Crippen LogP contribution >= 0.6 is 12.0 Å². The van der Waals surface area contributed by atoms with E-state index in [2.05, 4.69) is 5.48 Å². The van der Waals surface area contributed by atoms with Crippen LogP contribution < -0.4 is 5.48 Å². The summed E-state index contributed by atoms with van der Waals surface area (Å²) < 4.78 is 4.70. The van der Waals surface area contributed by atoms with Crippen LogP contribution in [0.25, 0.3) is 0 Å². The van der Waals surface area contributed by atoms with Crippen molar-refractivity contribution >= 4 is 17.8 Å². The first-order valence-corrected chi connectivity index (χ1v) is 3.79. The third kappa shape index (κ3) is 4.44. The summed E-state index contributed by atoms with van der Waals surface area (Å²) in [7, 11) is 0. The zero-order chi connectivity index (χ0) is 7.28. The number of Topliss-reactive ketones (excluding diaryl/α,β-unsaturated/α-hetero) is 1. The van der Waals surface area contributed by atoms with Crippen molar-refractivity contribution in [1.29, 1.82) is 0 Å². The first-order chi connectivity index (χ1) is 4.18. The van der Waals surface area contributed by atoms with Crippen LogP contribution in [0.5, 0.6) is 0 Å². The summed E-state index contributed by atoms with van der Waals surface area (Å²) in [4.78, 5) is 10.5. The summed E-state index contributed by atoms with van der Waals surface area (Å²) in [5, 5.41) is 0. The van der Waals surface area contributed by atoms with Crippen molar-refractivity contribution in [3.05, 3.63) is 0 Å². The Morgan fingerprint density at radius 3 is 2.67 bits per heavy atom. The van der Waals surface area contributed by atoms with E-state index < -0.39 is 0 Å². The van der Waals surface area contributed by atoms with E-state index in [4.69, 9.17) is 4.28 Å². The van der Waals surface area contributed by atoms with E-state index in [1.54, 1.807) is 13.2 Å². The molecule has 0 saturated carbocycles. The van der Waals surface area contributed by atoms with E-state index in [-0.39, 0.29) is 11.8 Å². The van der Waals surface area contributed by atoms with E-state index in [9.17, 15) is 4.79 Å². The zero-order valence-electron chi connectivity index (χ0n) is 5.80. The lowest BCUT2D eigenvalue weighted by molar-refractivity contribution is -0.120. The second-order valence-corrected chi connectivity index (χ2v) is 2.20. The molecule has 1 unspecified atom stereocenters. The molecule has 1 N–H and O–H groups in total. The van der Waals surface area contributed by atoms with Crippen LogP contribution in [0.2, 0.25) is 0 Å². The van der Waals surface area contributed by atoms with E-state index in [1.165, 1.54) is 19.0 Å². The van der Waals surface area contributed by atoms with Gasteiger partial charge in [-0.05, 0) is 13.8 Å². The number of carbonyl (C=O) groups is 1. The van der Waals surface area contributed by atoms with Crippen molar-refractivity contribution < 1.29 is 9.08 Å². The summed E-state index contributed by atoms with van der Waals surface area (Å²) in [6.07, 6.45) is 1.78. The maximum atomic E-state index is 10.5. The molecule has 0 saturated heterocycles. The Bertz CT molecular complexity index is 97.0. The average molecular weight is 149 g/mol. The Balaban J connectivity index is 3.27. The van der Waals surface area contributed by atoms with Gasteiger partial charge in [-0.1, -0.05) is 0 Å². The van der Waals surface area contributed by atoms with Crippen LogP contribution in [-0.2, 0) is 9.08 Å². The Morgan fingerprint density at radius 2 is 2.33 bits per heavy atom. The zero-order valence-corrected chi connectivity index (χ0v) is 6.62. The monoisotopic (exact) mass is 149 g/mol. The van der Waals surface area contributed by atoms with Gasteiger partial charge in [0.1, 0.15) is 5.78 Å². The minimum Gasteiger partial charge on any atom is -0.298 e. The lowest BCUT2D eigenvalue weighted by atomic mass is 10.3. The van der Waals surface area contributed by atoms with Crippen molar-refractivity contribution in [2.45, 2.75) is 19.9 Å². The Labute approximate surface area is 59.3 Å². The highest BCUT2D eigenvalue weighted by atomic mass is 32.2. The summed E-state index contributed by atoms with van der Waals surface area (Å²) >= 11 is 1.18. The molecule has 0 heterocycles. The van der Waals surface area contributed by atoms with Crippen LogP contribution in [-0.4, -0.2) is 18.1 Å². The maximum absolute atomic E-state index is 10.5. The molecule has 0 aliphatic carbocycles. The second-order valence-electron chi connectivity index (χ2n) is 1.70. The number of ketones is 1. The predicted molar refractivity (Wildman–Crippen MR) is 37.9 cm³/mol. The molecule has 0 aromatic heterocycles. The maximum Gasteiger partial charge on any atom is 0.148 e. The third-order valence-corrected chi connectivity index (χ3v) is 1.18. The molecule has 0 radical (unpaired) electrons. The fraction of sp³-hybridized carbons (Fsp3) is 0.800. The van der Waals surface area contributed by atoms with Gasteiger partial charge in [0.2, 0.25) is 0 Å². The molecule has 0 amide bonds. The number of carbonyl (C=O) groups excluding carboxylic acids is 1. The molecule has 0 spiro atoms. The quantitative estimate of drug-likeness (QED) is 0.473. The van der Waals surface area contributed by atoms with Crippen molar-refractivity contribution in [3.63, 3.8) is 0 Å². The number of rotatable bonds is 4. The van der Waals surface area contributed by atoms with Gasteiger partial charge in [0, 0.05) is 18.3 Å². The topological polar surface area (TPSA) is 38.3 Å². The molecule has 0 aromatic rings. The number of hydroxylamine groups is 1. The van der Waals surface area contributed by atoms with Crippen LogP contribution in [0.4, 0.5) is 0 Å². The first kappa shape index (κ1) is 8.94. The fourth-order valence-electron chi connectivity index (χ4n) is 0.203. The Kier molecular flexibility index (Phi) is 4.75. The van der Waals surface area contributed by atoms with Gasteiger partial charge in [-0.15, -0.1) is 0 Å². The van der Waals surface area contributed by atoms with E-state index in [0.29, 0.717) is 0 Å². The first-order valence-electron chi connectivity index (χ1n) is 2.64. The number of hydrogen-bond acceptors (Lipinski definition) is 4. The van der Waals surface area contributed by atoms with Crippen LogP contribution in [0.15, 0.2) is 0 Å². The smallest absolute Gasteiger partial charge is 0.148 e. The van der Waals surface area contributed by atoms with Crippen molar-refractivity contribution in [3.8, 4) is 0 Å². The van der Waals surface area contributed by atoms with Crippen molar-refractivity contribution in [1.82, 2.24) is 5.48 Å². The molecule has 54 valence electrons. The summed E-state index contributed by atoms with van der Waals surface area (Å²) in [6.45, 7) is 3.26. The highest BCUT2D eigenvalue weighted by Gasteiger charge is 2.04. The molecule has 4 heteroatoms. The Morgan fingerprint density at radius 1 is 1.78 bits per heavy atom. The lowest BCUT2D eigenvalue weighted by Crippen LogP contribution is -2.30. The van der Waals surface area contributed by atoms with Gasteiger partial charge in [-0.3, -0.25) is 4.79 Å². The molecular formula is C5H11NO2S. The molecule has 1 atom stereocenters. The molecular weight excluding hydrogens is 138 g/mol. The molecule has 0 aliphatic rings. The molecule has 0 bridgehead atoms. The van der Waals surface area contributed by atoms with Crippen molar-refractivity contribution in [2.75, 3.05) is 6.26 Å². The van der Waals surface area contributed by atoms with Crippen LogP contribution in [0, 0.1) is 0 Å². The van der Waals surface area contributed by atoms with Gasteiger partial charge in [0.15, 0.2) is 0 Å². The highest BCUT2D eigenvalue weighted by molar-refractivity contribution is 7.93. The van der Waals surface area contributed by atoms with E-state index in [0.717, 1.165) is 0 Å². The molecule has 3 nitrogen and oxygen atoms in total. The van der Waals surface area contributed by atoms with Crippen LogP contribution in [0.3, 0.4) is 0 Å². The fourth-order valence-corrected chi connectivity index (χ4v) is 0.444. The Hall–Kier alpha value is -0.0600. The third-order valence-electron chi connectivity index (χ3n) is 0.918. The summed E-state index contributed by atoms with van der Waals surface area (Å²) in [6, 6.07) is -0.211. The lowest BCUT2D eigenvalue weighted by Gasteiger charge is -2.06. The summed E-state index contributed by atoms with van der Waals surface area (Å²) in [5.74, 6) is 0.0732. The molecule has 0 rings (SSSR count). The molecule has 9 heavy (non-hydrogen) atoms. The minimum absolute atomic E-state index is 0.0732. The van der Waals surface area contributed by atoms with E-state index >= 15 is 0 Å². The average Bonchev–Trinajstić information content (AvgIpc) is 1.82. The normalized spacial score (nSPS) is 13.2. The van der Waals surface area contributed by atoms with Gasteiger partial charge in [-0.25, -0.2) is 4.28 Å². The SMILES string of the molecule is CSONC(C)C(C)=O. The van der Waals surface area contributed by atoms with Crippen molar-refractivity contribution in [2.24, 2.45) is 0 Å². The molecule has 0 aromatic carbocycles. The molecule has 0 aliphatic heterocycles. The second kappa shape index (κ2) is 4.78. The number of hydrogen-bond donors (Lipinski definition) is 1. The van der Waals surface area contributed by atoms with Crippen LogP contribution in [0.1, 0.15) is 13.8 Å². The van der Waals surface area contributed by atoms with Gasteiger partial charge in [0.05, 0.1) is 6.04 Å². The van der Waals surface area contributed by atoms with E-state index in [1.807, 2.05) is 0 Å². The number of nitrogens with one attached hydrogen (secondary N) is 1. The standard InChI is InChI=1S/C5H11NO2S/c1-4(5(2)7)6-8-9-3/h4,6H,1-3H3. The van der Waals surface area contributed by atoms with Gasteiger partial charge < -0.3 is 0 Å². The predicted octanol–water partition coefficient (Wildman–Crippen LogP) is 0.763. The minimum atomic E-state index is -0.211. The van der Waals surface area contributed by atoms with Gasteiger partial charge >= 0.3 is 0 Å².